The Bertz CT molecular complexity index is 408. The zero-order valence-corrected chi connectivity index (χ0v) is 12.8. The molecular formula is C14H24N2O5. The molecule has 1 aliphatic carbocycles. The highest BCUT2D eigenvalue weighted by atomic mass is 16.5. The quantitative estimate of drug-likeness (QED) is 0.614. The first kappa shape index (κ1) is 17.4. The fraction of sp³-hybridized carbons (Fsp3) is 0.786. The number of hydrogen-bond donors (Lipinski definition) is 3. The van der Waals surface area contributed by atoms with Gasteiger partial charge in [0.25, 0.3) is 0 Å². The molecule has 0 aliphatic heterocycles. The third kappa shape index (κ3) is 5.00. The van der Waals surface area contributed by atoms with Crippen molar-refractivity contribution in [2.75, 3.05) is 7.11 Å². The Kier molecular flexibility index (Phi) is 6.14. The molecule has 0 aromatic heterocycles. The molecule has 0 spiro atoms. The summed E-state index contributed by atoms with van der Waals surface area (Å²) in [6, 6.07) is -0.534. The number of hydrogen-bond acceptors (Lipinski definition) is 4. The van der Waals surface area contributed by atoms with Gasteiger partial charge >= 0.3 is 12.0 Å². The van der Waals surface area contributed by atoms with E-state index < -0.39 is 17.9 Å². The Labute approximate surface area is 124 Å². The van der Waals surface area contributed by atoms with Gasteiger partial charge in [-0.2, -0.15) is 0 Å². The van der Waals surface area contributed by atoms with Crippen molar-refractivity contribution < 1.29 is 24.2 Å². The number of unbranched alkanes of at least 4 members (excludes halogenated alkanes) is 1. The normalized spacial score (nSPS) is 23.0. The summed E-state index contributed by atoms with van der Waals surface area (Å²) >= 11 is 0. The van der Waals surface area contributed by atoms with Crippen molar-refractivity contribution in [2.45, 2.75) is 58.1 Å². The van der Waals surface area contributed by atoms with Crippen LogP contribution < -0.4 is 10.6 Å². The zero-order valence-electron chi connectivity index (χ0n) is 12.8. The van der Waals surface area contributed by atoms with E-state index in [2.05, 4.69) is 10.6 Å². The van der Waals surface area contributed by atoms with Gasteiger partial charge in [-0.3, -0.25) is 14.9 Å². The summed E-state index contributed by atoms with van der Waals surface area (Å²) < 4.78 is 5.29. The minimum absolute atomic E-state index is 0.0257. The molecule has 3 N–H and O–H groups in total. The summed E-state index contributed by atoms with van der Waals surface area (Å²) in [7, 11) is 1.64. The van der Waals surface area contributed by atoms with Gasteiger partial charge in [-0.1, -0.05) is 13.8 Å². The molecule has 2 atom stereocenters. The second kappa shape index (κ2) is 7.40. The minimum Gasteiger partial charge on any atom is -0.481 e. The molecule has 120 valence electrons. The van der Waals surface area contributed by atoms with Crippen molar-refractivity contribution in [3.8, 4) is 0 Å². The number of carboxylic acid groups (broad SMARTS) is 1. The van der Waals surface area contributed by atoms with Crippen LogP contribution in [-0.2, 0) is 14.3 Å². The highest BCUT2D eigenvalue weighted by Gasteiger charge is 2.49. The Morgan fingerprint density at radius 3 is 2.38 bits per heavy atom. The van der Waals surface area contributed by atoms with Gasteiger partial charge < -0.3 is 15.2 Å². The molecular weight excluding hydrogens is 276 g/mol. The summed E-state index contributed by atoms with van der Waals surface area (Å²) in [4.78, 5) is 33.5. The SMILES string of the molecule is COC1CC(NC(=O)NC(=O)CCCCC(=O)O)C1(C)C. The van der Waals surface area contributed by atoms with Crippen LogP contribution in [0.4, 0.5) is 4.79 Å². The van der Waals surface area contributed by atoms with Crippen molar-refractivity contribution in [1.82, 2.24) is 10.6 Å². The Hall–Kier alpha value is -1.63. The zero-order chi connectivity index (χ0) is 16.0. The maximum Gasteiger partial charge on any atom is 0.321 e. The summed E-state index contributed by atoms with van der Waals surface area (Å²) in [6.07, 6.45) is 1.89. The first-order valence-electron chi connectivity index (χ1n) is 7.12. The molecule has 0 radical (unpaired) electrons. The fourth-order valence-electron chi connectivity index (χ4n) is 2.48. The van der Waals surface area contributed by atoms with E-state index in [9.17, 15) is 14.4 Å². The van der Waals surface area contributed by atoms with Crippen LogP contribution in [0, 0.1) is 5.41 Å². The topological polar surface area (TPSA) is 105 Å². The van der Waals surface area contributed by atoms with Gasteiger partial charge in [-0.15, -0.1) is 0 Å². The van der Waals surface area contributed by atoms with Gasteiger partial charge in [-0.05, 0) is 19.3 Å². The number of ether oxygens (including phenoxy) is 1. The lowest BCUT2D eigenvalue weighted by Crippen LogP contribution is -2.63. The predicted octanol–water partition coefficient (Wildman–Crippen LogP) is 1.27. The number of carboxylic acids is 1. The molecule has 1 rings (SSSR count). The summed E-state index contributed by atoms with van der Waals surface area (Å²) in [5, 5.41) is 13.5. The molecule has 0 aromatic rings. The van der Waals surface area contributed by atoms with E-state index >= 15 is 0 Å². The molecule has 7 heteroatoms. The summed E-state index contributed by atoms with van der Waals surface area (Å²) in [6.45, 7) is 4.01. The van der Waals surface area contributed by atoms with E-state index in [4.69, 9.17) is 9.84 Å². The maximum atomic E-state index is 11.7. The Balaban J connectivity index is 2.22. The van der Waals surface area contributed by atoms with E-state index in [0.717, 1.165) is 6.42 Å². The van der Waals surface area contributed by atoms with Crippen LogP contribution in [0.2, 0.25) is 0 Å². The molecule has 21 heavy (non-hydrogen) atoms. The molecule has 7 nitrogen and oxygen atoms in total. The lowest BCUT2D eigenvalue weighted by Gasteiger charge is -2.51. The molecule has 1 aliphatic rings. The smallest absolute Gasteiger partial charge is 0.321 e. The highest BCUT2D eigenvalue weighted by molar-refractivity contribution is 5.94. The molecule has 0 saturated heterocycles. The average molecular weight is 300 g/mol. The third-order valence-electron chi connectivity index (χ3n) is 4.07. The molecule has 0 bridgehead atoms. The van der Waals surface area contributed by atoms with Crippen molar-refractivity contribution in [2.24, 2.45) is 5.41 Å². The standard InChI is InChI=1S/C14H24N2O5/c1-14(2)9(8-10(14)21-3)15-13(20)16-11(17)6-4-5-7-12(18)19/h9-10H,4-8H2,1-3H3,(H,18,19)(H2,15,16,17,20). The first-order chi connectivity index (χ1) is 9.77. The van der Waals surface area contributed by atoms with Crippen LogP contribution in [0.5, 0.6) is 0 Å². The molecule has 1 fully saturated rings. The number of aliphatic carboxylic acids is 1. The van der Waals surface area contributed by atoms with Gasteiger partial charge in [0.05, 0.1) is 6.10 Å². The van der Waals surface area contributed by atoms with Gasteiger partial charge in [0.15, 0.2) is 0 Å². The largest absolute Gasteiger partial charge is 0.481 e. The lowest BCUT2D eigenvalue weighted by molar-refractivity contribution is -0.137. The number of imide groups is 1. The number of amides is 3. The maximum absolute atomic E-state index is 11.7. The van der Waals surface area contributed by atoms with Crippen LogP contribution in [-0.4, -0.2) is 42.3 Å². The van der Waals surface area contributed by atoms with Gasteiger partial charge in [0, 0.05) is 31.4 Å². The van der Waals surface area contributed by atoms with Crippen molar-refractivity contribution in [3.05, 3.63) is 0 Å². The minimum atomic E-state index is -0.881. The van der Waals surface area contributed by atoms with E-state index in [1.54, 1.807) is 7.11 Å². The van der Waals surface area contributed by atoms with Crippen LogP contribution in [0.15, 0.2) is 0 Å². The number of methoxy groups -OCH3 is 1. The van der Waals surface area contributed by atoms with Gasteiger partial charge in [0.2, 0.25) is 5.91 Å². The Morgan fingerprint density at radius 1 is 1.24 bits per heavy atom. The summed E-state index contributed by atoms with van der Waals surface area (Å²) in [5.74, 6) is -1.27. The molecule has 2 unspecified atom stereocenters. The van der Waals surface area contributed by atoms with E-state index in [0.29, 0.717) is 12.8 Å². The van der Waals surface area contributed by atoms with Crippen LogP contribution in [0.25, 0.3) is 0 Å². The number of carbonyl (C=O) groups excluding carboxylic acids is 2. The molecule has 0 aromatic carbocycles. The van der Waals surface area contributed by atoms with E-state index in [-0.39, 0.29) is 30.4 Å². The molecule has 0 heterocycles. The predicted molar refractivity (Wildman–Crippen MR) is 75.8 cm³/mol. The fourth-order valence-corrected chi connectivity index (χ4v) is 2.48. The van der Waals surface area contributed by atoms with Crippen molar-refractivity contribution in [1.29, 1.82) is 0 Å². The van der Waals surface area contributed by atoms with Crippen molar-refractivity contribution >= 4 is 17.9 Å². The second-order valence-corrected chi connectivity index (χ2v) is 5.96. The lowest BCUT2D eigenvalue weighted by atomic mass is 9.64. The van der Waals surface area contributed by atoms with Gasteiger partial charge in [-0.25, -0.2) is 4.79 Å². The number of rotatable bonds is 7. The van der Waals surface area contributed by atoms with Crippen molar-refractivity contribution in [3.63, 3.8) is 0 Å². The van der Waals surface area contributed by atoms with Crippen LogP contribution >= 0.6 is 0 Å². The molecule has 1 saturated carbocycles. The second-order valence-electron chi connectivity index (χ2n) is 5.96. The number of nitrogens with one attached hydrogen (secondary N) is 2. The molecule has 3 amide bonds. The Morgan fingerprint density at radius 2 is 1.86 bits per heavy atom. The van der Waals surface area contributed by atoms with Gasteiger partial charge in [0.1, 0.15) is 0 Å². The average Bonchev–Trinajstić information content (AvgIpc) is 2.38. The monoisotopic (exact) mass is 300 g/mol. The summed E-state index contributed by atoms with van der Waals surface area (Å²) in [5.41, 5.74) is -0.156. The first-order valence-corrected chi connectivity index (χ1v) is 7.12. The highest BCUT2D eigenvalue weighted by Crippen LogP contribution is 2.42. The number of carbonyl (C=O) groups is 3. The van der Waals surface area contributed by atoms with E-state index in [1.807, 2.05) is 13.8 Å². The number of urea groups is 1. The van der Waals surface area contributed by atoms with E-state index in [1.165, 1.54) is 0 Å². The van der Waals surface area contributed by atoms with Crippen LogP contribution in [0.3, 0.4) is 0 Å². The third-order valence-corrected chi connectivity index (χ3v) is 4.07. The van der Waals surface area contributed by atoms with Crippen LogP contribution in [0.1, 0.15) is 46.0 Å².